The Balaban J connectivity index is 1.93. The molecule has 2 aromatic rings. The summed E-state index contributed by atoms with van der Waals surface area (Å²) >= 11 is 0. The standard InChI is InChI=1S/C24H33N5O2/c1-5-9-19-10-7-8-11-22(19)27-24(31)20-12-13-26-21(16-20)17-25-18-23(30)29(6-2)15-14-28(3)4/h5,7-13,16,25H,6,14-15,17-18H2,1-4H3,(H,27,31)/b9-5+. The van der Waals surface area contributed by atoms with Crippen molar-refractivity contribution in [3.63, 3.8) is 0 Å². The number of para-hydroxylation sites is 1. The number of benzene rings is 1. The molecule has 0 fully saturated rings. The fourth-order valence-corrected chi connectivity index (χ4v) is 3.04. The summed E-state index contributed by atoms with van der Waals surface area (Å²) in [5.74, 6) is -0.142. The SMILES string of the molecule is C/C=C/c1ccccc1NC(=O)c1ccnc(CNCC(=O)N(CC)CCN(C)C)c1. The molecule has 1 aromatic heterocycles. The van der Waals surface area contributed by atoms with Gasteiger partial charge in [0.25, 0.3) is 5.91 Å². The van der Waals surface area contributed by atoms with Gasteiger partial charge in [-0.3, -0.25) is 14.6 Å². The van der Waals surface area contributed by atoms with Crippen LogP contribution in [0.3, 0.4) is 0 Å². The van der Waals surface area contributed by atoms with Gasteiger partial charge in [0.2, 0.25) is 5.91 Å². The van der Waals surface area contributed by atoms with Crippen molar-refractivity contribution in [1.29, 1.82) is 0 Å². The van der Waals surface area contributed by atoms with Crippen molar-refractivity contribution in [3.05, 3.63) is 65.5 Å². The number of likely N-dealkylation sites (N-methyl/N-ethyl adjacent to an activating group) is 2. The largest absolute Gasteiger partial charge is 0.341 e. The van der Waals surface area contributed by atoms with Crippen LogP contribution in [-0.2, 0) is 11.3 Å². The number of pyridine rings is 1. The smallest absolute Gasteiger partial charge is 0.255 e. The van der Waals surface area contributed by atoms with Crippen molar-refractivity contribution in [2.24, 2.45) is 0 Å². The monoisotopic (exact) mass is 423 g/mol. The molecular weight excluding hydrogens is 390 g/mol. The van der Waals surface area contributed by atoms with Crippen LogP contribution < -0.4 is 10.6 Å². The zero-order valence-electron chi connectivity index (χ0n) is 18.9. The Hall–Kier alpha value is -3.03. The minimum atomic E-state index is -0.197. The topological polar surface area (TPSA) is 77.6 Å². The van der Waals surface area contributed by atoms with E-state index in [9.17, 15) is 9.59 Å². The maximum Gasteiger partial charge on any atom is 0.255 e. The third-order valence-electron chi connectivity index (χ3n) is 4.77. The molecule has 0 atom stereocenters. The number of rotatable bonds is 11. The molecule has 0 radical (unpaired) electrons. The normalized spacial score (nSPS) is 11.1. The molecule has 0 spiro atoms. The van der Waals surface area contributed by atoms with Crippen molar-refractivity contribution >= 4 is 23.6 Å². The van der Waals surface area contributed by atoms with Crippen LogP contribution in [0.25, 0.3) is 6.08 Å². The Kier molecular flexibility index (Phi) is 9.87. The quantitative estimate of drug-likeness (QED) is 0.581. The number of aromatic nitrogens is 1. The van der Waals surface area contributed by atoms with Gasteiger partial charge in [0.1, 0.15) is 0 Å². The summed E-state index contributed by atoms with van der Waals surface area (Å²) in [5, 5.41) is 6.09. The molecule has 7 nitrogen and oxygen atoms in total. The van der Waals surface area contributed by atoms with E-state index in [0.29, 0.717) is 30.9 Å². The highest BCUT2D eigenvalue weighted by Gasteiger charge is 2.12. The lowest BCUT2D eigenvalue weighted by molar-refractivity contribution is -0.130. The second-order valence-electron chi connectivity index (χ2n) is 7.46. The van der Waals surface area contributed by atoms with Crippen molar-refractivity contribution in [1.82, 2.24) is 20.1 Å². The van der Waals surface area contributed by atoms with Crippen LogP contribution in [0, 0.1) is 0 Å². The predicted octanol–water partition coefficient (Wildman–Crippen LogP) is 2.87. The number of allylic oxidation sites excluding steroid dienone is 1. The van der Waals surface area contributed by atoms with Gasteiger partial charge in [-0.1, -0.05) is 30.4 Å². The Morgan fingerprint density at radius 3 is 2.61 bits per heavy atom. The highest BCUT2D eigenvalue weighted by atomic mass is 16.2. The van der Waals surface area contributed by atoms with Crippen molar-refractivity contribution in [2.75, 3.05) is 45.6 Å². The van der Waals surface area contributed by atoms with Crippen LogP contribution in [0.4, 0.5) is 5.69 Å². The Morgan fingerprint density at radius 2 is 1.90 bits per heavy atom. The highest BCUT2D eigenvalue weighted by molar-refractivity contribution is 6.05. The van der Waals surface area contributed by atoms with E-state index in [0.717, 1.165) is 17.8 Å². The van der Waals surface area contributed by atoms with Crippen LogP contribution in [0.15, 0.2) is 48.7 Å². The van der Waals surface area contributed by atoms with E-state index in [2.05, 4.69) is 20.5 Å². The first-order chi connectivity index (χ1) is 14.9. The van der Waals surface area contributed by atoms with Crippen LogP contribution in [0.5, 0.6) is 0 Å². The fraction of sp³-hybridized carbons (Fsp3) is 0.375. The lowest BCUT2D eigenvalue weighted by Crippen LogP contribution is -2.41. The Labute approximate surface area is 185 Å². The molecule has 1 aromatic carbocycles. The first-order valence-electron chi connectivity index (χ1n) is 10.6. The third-order valence-corrected chi connectivity index (χ3v) is 4.77. The number of hydrogen-bond acceptors (Lipinski definition) is 5. The van der Waals surface area contributed by atoms with Crippen molar-refractivity contribution in [2.45, 2.75) is 20.4 Å². The first kappa shape index (κ1) is 24.2. The molecule has 0 saturated carbocycles. The second-order valence-corrected chi connectivity index (χ2v) is 7.46. The van der Waals surface area contributed by atoms with Gasteiger partial charge >= 0.3 is 0 Å². The summed E-state index contributed by atoms with van der Waals surface area (Å²) in [6, 6.07) is 11.1. The van der Waals surface area contributed by atoms with E-state index >= 15 is 0 Å². The minimum absolute atomic E-state index is 0.0545. The van der Waals surface area contributed by atoms with Crippen LogP contribution in [0.2, 0.25) is 0 Å². The summed E-state index contributed by atoms with van der Waals surface area (Å²) in [5.41, 5.74) is 2.93. The molecule has 0 bridgehead atoms. The van der Waals surface area contributed by atoms with Gasteiger partial charge in [-0.15, -0.1) is 0 Å². The lowest BCUT2D eigenvalue weighted by Gasteiger charge is -2.23. The van der Waals surface area contributed by atoms with Crippen LogP contribution >= 0.6 is 0 Å². The van der Waals surface area contributed by atoms with E-state index in [1.807, 2.05) is 69.3 Å². The molecule has 0 unspecified atom stereocenters. The number of amides is 2. The van der Waals surface area contributed by atoms with Crippen molar-refractivity contribution < 1.29 is 9.59 Å². The number of anilines is 1. The second kappa shape index (κ2) is 12.6. The molecule has 0 aliphatic carbocycles. The van der Waals surface area contributed by atoms with Crippen LogP contribution in [0.1, 0.15) is 35.5 Å². The predicted molar refractivity (Wildman–Crippen MR) is 126 cm³/mol. The lowest BCUT2D eigenvalue weighted by atomic mass is 10.1. The van der Waals surface area contributed by atoms with Gasteiger partial charge in [0, 0.05) is 43.6 Å². The molecular formula is C24H33N5O2. The summed E-state index contributed by atoms with van der Waals surface area (Å²) in [4.78, 5) is 33.3. The average Bonchev–Trinajstić information content (AvgIpc) is 2.75. The van der Waals surface area contributed by atoms with E-state index in [4.69, 9.17) is 0 Å². The van der Waals surface area contributed by atoms with Gasteiger partial charge in [0.15, 0.2) is 0 Å². The number of nitrogens with zero attached hydrogens (tertiary/aromatic N) is 3. The van der Waals surface area contributed by atoms with Gasteiger partial charge in [-0.2, -0.15) is 0 Å². The zero-order chi connectivity index (χ0) is 22.6. The highest BCUT2D eigenvalue weighted by Crippen LogP contribution is 2.18. The number of hydrogen-bond donors (Lipinski definition) is 2. The summed E-state index contributed by atoms with van der Waals surface area (Å²) in [6.45, 7) is 6.77. The minimum Gasteiger partial charge on any atom is -0.341 e. The van der Waals surface area contributed by atoms with Gasteiger partial charge in [0.05, 0.1) is 12.2 Å². The Morgan fingerprint density at radius 1 is 1.13 bits per heavy atom. The molecule has 2 amide bonds. The molecule has 31 heavy (non-hydrogen) atoms. The molecule has 0 aliphatic rings. The van der Waals surface area contributed by atoms with Crippen LogP contribution in [-0.4, -0.2) is 66.9 Å². The number of nitrogens with one attached hydrogen (secondary N) is 2. The molecule has 1 heterocycles. The molecule has 166 valence electrons. The maximum atomic E-state index is 12.7. The molecule has 7 heteroatoms. The maximum absolute atomic E-state index is 12.7. The summed E-state index contributed by atoms with van der Waals surface area (Å²) < 4.78 is 0. The van der Waals surface area contributed by atoms with E-state index in [1.54, 1.807) is 18.3 Å². The van der Waals surface area contributed by atoms with E-state index in [1.165, 1.54) is 0 Å². The zero-order valence-corrected chi connectivity index (χ0v) is 18.9. The number of carbonyl (C=O) groups is 2. The van der Waals surface area contributed by atoms with Gasteiger partial charge in [-0.25, -0.2) is 0 Å². The molecule has 2 rings (SSSR count). The number of carbonyl (C=O) groups excluding carboxylic acids is 2. The van der Waals surface area contributed by atoms with Gasteiger partial charge in [-0.05, 0) is 51.7 Å². The van der Waals surface area contributed by atoms with E-state index < -0.39 is 0 Å². The summed E-state index contributed by atoms with van der Waals surface area (Å²) in [7, 11) is 3.98. The van der Waals surface area contributed by atoms with Gasteiger partial charge < -0.3 is 20.4 Å². The van der Waals surface area contributed by atoms with E-state index in [-0.39, 0.29) is 18.4 Å². The average molecular weight is 424 g/mol. The first-order valence-corrected chi connectivity index (χ1v) is 10.6. The molecule has 0 saturated heterocycles. The molecule has 2 N–H and O–H groups in total. The molecule has 0 aliphatic heterocycles. The summed E-state index contributed by atoms with van der Waals surface area (Å²) in [6.07, 6.45) is 5.50. The van der Waals surface area contributed by atoms with Crippen molar-refractivity contribution in [3.8, 4) is 0 Å². The Bertz CT molecular complexity index is 895. The third kappa shape index (κ3) is 7.96. The fourth-order valence-electron chi connectivity index (χ4n) is 3.04.